The number of halogens is 3. The van der Waals surface area contributed by atoms with E-state index in [-0.39, 0.29) is 17.4 Å². The molecule has 0 bridgehead atoms. The number of methoxy groups -OCH3 is 1. The highest BCUT2D eigenvalue weighted by Crippen LogP contribution is 2.34. The van der Waals surface area contributed by atoms with Crippen LogP contribution in [0.25, 0.3) is 22.0 Å². The predicted molar refractivity (Wildman–Crippen MR) is 130 cm³/mol. The van der Waals surface area contributed by atoms with Gasteiger partial charge >= 0.3 is 18.2 Å². The van der Waals surface area contributed by atoms with Gasteiger partial charge in [0.25, 0.3) is 0 Å². The number of nitrogens with zero attached hydrogens (tertiary/aromatic N) is 2. The van der Waals surface area contributed by atoms with E-state index >= 15 is 0 Å². The molecule has 0 aliphatic carbocycles. The molecule has 1 aromatic heterocycles. The number of hydrogen-bond donors (Lipinski definition) is 0. The standard InChI is InChI=1S/C27H29F3N2O4/c1-26(2,3)36-25(34)32-9-8-16-10-17(6-7-18(16)15-32)21-13-23-19(12-22(21)24(33)35-5)11-20(31(23)4)14-27(28,29)30/h6-7,10-13H,8-9,14-15H2,1-5H3. The normalized spacial score (nSPS) is 14.1. The van der Waals surface area contributed by atoms with Crippen molar-refractivity contribution in [1.29, 1.82) is 0 Å². The number of carbonyl (C=O) groups excluding carboxylic acids is 2. The van der Waals surface area contributed by atoms with Crippen molar-refractivity contribution in [2.24, 2.45) is 7.05 Å². The van der Waals surface area contributed by atoms with Crippen LogP contribution in [-0.4, -0.2) is 47.0 Å². The van der Waals surface area contributed by atoms with Gasteiger partial charge in [-0.15, -0.1) is 0 Å². The van der Waals surface area contributed by atoms with Gasteiger partial charge in [0.1, 0.15) is 5.60 Å². The Balaban J connectivity index is 1.72. The average molecular weight is 503 g/mol. The van der Waals surface area contributed by atoms with E-state index in [1.54, 1.807) is 24.1 Å². The number of amides is 1. The van der Waals surface area contributed by atoms with Gasteiger partial charge in [0, 0.05) is 36.7 Å². The summed E-state index contributed by atoms with van der Waals surface area (Å²) in [4.78, 5) is 26.8. The summed E-state index contributed by atoms with van der Waals surface area (Å²) < 4.78 is 51.1. The summed E-state index contributed by atoms with van der Waals surface area (Å²) >= 11 is 0. The van der Waals surface area contributed by atoms with Gasteiger partial charge in [-0.25, -0.2) is 9.59 Å². The van der Waals surface area contributed by atoms with E-state index < -0.39 is 24.2 Å². The number of fused-ring (bicyclic) bond motifs is 2. The van der Waals surface area contributed by atoms with Crippen molar-refractivity contribution < 1.29 is 32.2 Å². The van der Waals surface area contributed by atoms with Gasteiger partial charge in [0.2, 0.25) is 0 Å². The highest BCUT2D eigenvalue weighted by atomic mass is 19.4. The summed E-state index contributed by atoms with van der Waals surface area (Å²) in [6.07, 6.45) is -5.16. The van der Waals surface area contributed by atoms with Crippen molar-refractivity contribution in [2.45, 2.75) is 51.9 Å². The molecule has 1 aliphatic rings. The molecule has 1 aliphatic heterocycles. The third-order valence-electron chi connectivity index (χ3n) is 6.25. The molecule has 0 radical (unpaired) electrons. The van der Waals surface area contributed by atoms with Gasteiger partial charge < -0.3 is 18.9 Å². The monoisotopic (exact) mass is 502 g/mol. The van der Waals surface area contributed by atoms with Crippen LogP contribution in [0.15, 0.2) is 36.4 Å². The van der Waals surface area contributed by atoms with Gasteiger partial charge in [-0.05, 0) is 67.6 Å². The molecule has 1 amide bonds. The molecule has 9 heteroatoms. The highest BCUT2D eigenvalue weighted by molar-refractivity contribution is 6.03. The molecule has 36 heavy (non-hydrogen) atoms. The third-order valence-corrected chi connectivity index (χ3v) is 6.25. The molecule has 4 rings (SSSR count). The van der Waals surface area contributed by atoms with Crippen LogP contribution in [0, 0.1) is 0 Å². The van der Waals surface area contributed by atoms with Crippen molar-refractivity contribution in [2.75, 3.05) is 13.7 Å². The van der Waals surface area contributed by atoms with Gasteiger partial charge in [-0.1, -0.05) is 18.2 Å². The molecule has 0 fully saturated rings. The highest BCUT2D eigenvalue weighted by Gasteiger charge is 2.30. The van der Waals surface area contributed by atoms with Crippen molar-refractivity contribution in [3.05, 3.63) is 58.8 Å². The lowest BCUT2D eigenvalue weighted by Gasteiger charge is -2.31. The SMILES string of the molecule is COC(=O)c1cc2cc(CC(F)(F)F)n(C)c2cc1-c1ccc2c(c1)CCN(C(=O)OC(C)(C)C)C2. The van der Waals surface area contributed by atoms with Gasteiger partial charge in [0.15, 0.2) is 0 Å². The second-order valence-corrected chi connectivity index (χ2v) is 10.1. The Morgan fingerprint density at radius 1 is 1.03 bits per heavy atom. The number of benzene rings is 2. The van der Waals surface area contributed by atoms with E-state index in [4.69, 9.17) is 9.47 Å². The molecule has 0 N–H and O–H groups in total. The Bertz CT molecular complexity index is 1340. The largest absolute Gasteiger partial charge is 0.465 e. The van der Waals surface area contributed by atoms with Crippen LogP contribution in [0.2, 0.25) is 0 Å². The lowest BCUT2D eigenvalue weighted by atomic mass is 9.92. The fourth-order valence-electron chi connectivity index (χ4n) is 4.54. The fourth-order valence-corrected chi connectivity index (χ4v) is 4.54. The first-order chi connectivity index (χ1) is 16.8. The Kier molecular flexibility index (Phi) is 6.53. The molecule has 192 valence electrons. The molecule has 3 aromatic rings. The minimum Gasteiger partial charge on any atom is -0.465 e. The molecule has 0 spiro atoms. The van der Waals surface area contributed by atoms with E-state index in [1.165, 1.54) is 17.7 Å². The maximum absolute atomic E-state index is 13.1. The number of esters is 1. The Hall–Kier alpha value is -3.49. The molecule has 6 nitrogen and oxygen atoms in total. The summed E-state index contributed by atoms with van der Waals surface area (Å²) in [6, 6.07) is 10.5. The number of alkyl halides is 3. The molecule has 0 saturated heterocycles. The molecule has 2 heterocycles. The van der Waals surface area contributed by atoms with E-state index in [0.717, 1.165) is 16.7 Å². The molecule has 0 saturated carbocycles. The molecule has 0 atom stereocenters. The summed E-state index contributed by atoms with van der Waals surface area (Å²) in [5, 5.41) is 0.534. The Morgan fingerprint density at radius 2 is 1.75 bits per heavy atom. The smallest absolute Gasteiger partial charge is 0.410 e. The molecule has 0 unspecified atom stereocenters. The summed E-state index contributed by atoms with van der Waals surface area (Å²) in [5.41, 5.74) is 3.73. The van der Waals surface area contributed by atoms with Gasteiger partial charge in [-0.3, -0.25) is 0 Å². The van der Waals surface area contributed by atoms with Crippen molar-refractivity contribution >= 4 is 23.0 Å². The molecular weight excluding hydrogens is 473 g/mol. The quantitative estimate of drug-likeness (QED) is 0.411. The maximum Gasteiger partial charge on any atom is 0.410 e. The Morgan fingerprint density at radius 3 is 2.39 bits per heavy atom. The Labute approximate surface area is 207 Å². The van der Waals surface area contributed by atoms with Gasteiger partial charge in [-0.2, -0.15) is 13.2 Å². The first-order valence-corrected chi connectivity index (χ1v) is 11.6. The number of rotatable bonds is 3. The zero-order valence-corrected chi connectivity index (χ0v) is 21.0. The van der Waals surface area contributed by atoms with E-state index in [2.05, 4.69) is 0 Å². The molecular formula is C27H29F3N2O4. The maximum atomic E-state index is 13.1. The zero-order valence-electron chi connectivity index (χ0n) is 21.0. The number of ether oxygens (including phenoxy) is 2. The summed E-state index contributed by atoms with van der Waals surface area (Å²) in [5.74, 6) is -0.568. The lowest BCUT2D eigenvalue weighted by molar-refractivity contribution is -0.128. The van der Waals surface area contributed by atoms with E-state index in [0.29, 0.717) is 36.0 Å². The number of carbonyl (C=O) groups is 2. The van der Waals surface area contributed by atoms with Crippen molar-refractivity contribution in [3.63, 3.8) is 0 Å². The minimum atomic E-state index is -4.35. The first kappa shape index (κ1) is 25.6. The first-order valence-electron chi connectivity index (χ1n) is 11.6. The second kappa shape index (κ2) is 9.19. The van der Waals surface area contributed by atoms with Crippen LogP contribution in [0.4, 0.5) is 18.0 Å². The number of aromatic nitrogens is 1. The zero-order chi connectivity index (χ0) is 26.4. The lowest BCUT2D eigenvalue weighted by Crippen LogP contribution is -2.39. The van der Waals surface area contributed by atoms with Crippen LogP contribution in [0.1, 0.15) is 48.0 Å². The van der Waals surface area contributed by atoms with Crippen LogP contribution in [0.3, 0.4) is 0 Å². The predicted octanol–water partition coefficient (Wildman–Crippen LogP) is 6.03. The van der Waals surface area contributed by atoms with Crippen LogP contribution in [0.5, 0.6) is 0 Å². The van der Waals surface area contributed by atoms with Crippen molar-refractivity contribution in [1.82, 2.24) is 9.47 Å². The van der Waals surface area contributed by atoms with E-state index in [1.807, 2.05) is 39.0 Å². The van der Waals surface area contributed by atoms with Crippen LogP contribution in [-0.2, 0) is 35.9 Å². The fraction of sp³-hybridized carbons (Fsp3) is 0.407. The molecule has 2 aromatic carbocycles. The van der Waals surface area contributed by atoms with E-state index in [9.17, 15) is 22.8 Å². The number of hydrogen-bond acceptors (Lipinski definition) is 4. The van der Waals surface area contributed by atoms with Crippen molar-refractivity contribution in [3.8, 4) is 11.1 Å². The van der Waals surface area contributed by atoms with Gasteiger partial charge in [0.05, 0.1) is 19.1 Å². The average Bonchev–Trinajstić information content (AvgIpc) is 3.08. The van der Waals surface area contributed by atoms with Crippen LogP contribution < -0.4 is 0 Å². The summed E-state index contributed by atoms with van der Waals surface area (Å²) in [6.45, 7) is 6.37. The van der Waals surface area contributed by atoms with Crippen LogP contribution >= 0.6 is 0 Å². The minimum absolute atomic E-state index is 0.109. The third kappa shape index (κ3) is 5.34. The second-order valence-electron chi connectivity index (χ2n) is 10.1. The summed E-state index contributed by atoms with van der Waals surface area (Å²) in [7, 11) is 2.86. The number of aryl methyl sites for hydroxylation is 1. The topological polar surface area (TPSA) is 60.8 Å².